The van der Waals surface area contributed by atoms with Crippen LogP contribution in [0.25, 0.3) is 11.1 Å². The van der Waals surface area contributed by atoms with E-state index in [1.165, 1.54) is 14.2 Å². The Kier molecular flexibility index (Phi) is 31.0. The van der Waals surface area contributed by atoms with E-state index in [1.807, 2.05) is 56.6 Å². The number of hydrogen-bond donors (Lipinski definition) is 2. The van der Waals surface area contributed by atoms with Crippen molar-refractivity contribution in [2.75, 3.05) is 145 Å². The summed E-state index contributed by atoms with van der Waals surface area (Å²) in [7, 11) is 3.03. The third-order valence-electron chi connectivity index (χ3n) is 19.2. The zero-order valence-corrected chi connectivity index (χ0v) is 62.6. The molecule has 1 fully saturated rings. The van der Waals surface area contributed by atoms with Gasteiger partial charge in [-0.1, -0.05) is 52.3 Å². The van der Waals surface area contributed by atoms with Crippen molar-refractivity contribution in [3.05, 3.63) is 101 Å². The molecule has 2 unspecified atom stereocenters. The third kappa shape index (κ3) is 22.8. The van der Waals surface area contributed by atoms with Crippen molar-refractivity contribution in [2.24, 2.45) is 33.7 Å². The number of hydrogen-bond acceptors (Lipinski definition) is 23. The topological polar surface area (TPSA) is 315 Å². The van der Waals surface area contributed by atoms with Gasteiger partial charge in [-0.3, -0.25) is 53.2 Å². The highest BCUT2D eigenvalue weighted by atomic mass is 16.7. The normalized spacial score (nSPS) is 17.4. The lowest BCUT2D eigenvalue weighted by molar-refractivity contribution is -0.139. The van der Waals surface area contributed by atoms with Gasteiger partial charge in [-0.05, 0) is 77.4 Å². The number of nitrogens with one attached hydrogen (secondary N) is 2. The molecule has 108 heavy (non-hydrogen) atoms. The summed E-state index contributed by atoms with van der Waals surface area (Å²) in [5.74, 6) is -0.0682. The molecule has 0 bridgehead atoms. The standard InChI is InChI=1S/C80H101N7O21/c1-52(2)63(42-62(88)11-8-7-9-21-98-25-27-100-29-31-102-33-35-104-36-34-103-32-30-101-28-26-99-24-19-81-75(90)18-20-85-76(91)38-54(4)78(85)93)68(89)37-53(3)77(92)84-59-15-12-55(13-16-59)57-39-60-47-82-66-45-73(70(96-5)43-64(66)79(94)86(60)49-57)105-22-10-23-106-74-46-67-65(44-71(74)97-6)80(95)87-50-58(40-61(87)48-83-67)56-14-17-69-72(41-56)108-51-107-69/h12-17,41,43-50,52-54,60-61,63H,7-11,18-40,42,51H2,1-6H3,(H,81,90)(H,84,92)/t53-,54?,60+,61+,63?/m1/s1. The number of aliphatic imine (C=N–C) groups is 2. The number of amides is 6. The molecular formula is C80H101N7O21. The molecule has 0 saturated carbocycles. The Hall–Kier alpha value is -9.42. The fourth-order valence-electron chi connectivity index (χ4n) is 13.1. The molecule has 0 spiro atoms. The first-order valence-corrected chi connectivity index (χ1v) is 37.3. The van der Waals surface area contributed by atoms with Crippen LogP contribution in [0.5, 0.6) is 34.5 Å². The highest BCUT2D eigenvalue weighted by Crippen LogP contribution is 2.44. The number of carbonyl (C=O) groups excluding carboxylic acids is 8. The van der Waals surface area contributed by atoms with Crippen molar-refractivity contribution in [1.82, 2.24) is 20.0 Å². The number of likely N-dealkylation sites (tertiary alicyclic amines) is 1. The van der Waals surface area contributed by atoms with Crippen molar-refractivity contribution >= 4 is 87.6 Å². The minimum Gasteiger partial charge on any atom is -0.493 e. The number of imide groups is 1. The van der Waals surface area contributed by atoms with Gasteiger partial charge in [0.1, 0.15) is 11.6 Å². The Morgan fingerprint density at radius 3 is 1.59 bits per heavy atom. The monoisotopic (exact) mass is 1500 g/mol. The van der Waals surface area contributed by atoms with E-state index < -0.39 is 11.8 Å². The summed E-state index contributed by atoms with van der Waals surface area (Å²) in [5.41, 5.74) is 5.94. The van der Waals surface area contributed by atoms with Crippen LogP contribution < -0.4 is 39.1 Å². The van der Waals surface area contributed by atoms with Crippen molar-refractivity contribution in [2.45, 2.75) is 110 Å². The minimum absolute atomic E-state index is 0.00850. The quantitative estimate of drug-likeness (QED) is 0.0307. The molecule has 28 nitrogen and oxygen atoms in total. The summed E-state index contributed by atoms with van der Waals surface area (Å²) in [6.07, 6.45) is 11.9. The summed E-state index contributed by atoms with van der Waals surface area (Å²) >= 11 is 0. The Balaban J connectivity index is 0.536. The Morgan fingerprint density at radius 1 is 0.546 bits per heavy atom. The summed E-state index contributed by atoms with van der Waals surface area (Å²) in [6.45, 7) is 14.3. The zero-order chi connectivity index (χ0) is 76.3. The molecule has 4 aromatic carbocycles. The van der Waals surface area contributed by atoms with E-state index in [-0.39, 0.29) is 123 Å². The molecule has 0 aliphatic carbocycles. The summed E-state index contributed by atoms with van der Waals surface area (Å²) < 4.78 is 73.7. The number of ether oxygens (including phenoxy) is 13. The molecule has 6 aliphatic rings. The number of carbonyl (C=O) groups is 8. The molecule has 6 heterocycles. The van der Waals surface area contributed by atoms with Gasteiger partial charge in [-0.25, -0.2) is 0 Å². The first-order valence-electron chi connectivity index (χ1n) is 37.3. The van der Waals surface area contributed by atoms with Crippen LogP contribution in [-0.4, -0.2) is 226 Å². The van der Waals surface area contributed by atoms with Gasteiger partial charge in [-0.2, -0.15) is 0 Å². The van der Waals surface area contributed by atoms with Crippen LogP contribution in [0, 0.1) is 23.7 Å². The minimum atomic E-state index is -0.630. The zero-order valence-electron chi connectivity index (χ0n) is 62.6. The maximum atomic E-state index is 14.2. The molecule has 6 aliphatic heterocycles. The second-order valence-corrected chi connectivity index (χ2v) is 27.4. The van der Waals surface area contributed by atoms with Crippen LogP contribution in [0.15, 0.2) is 89.1 Å². The number of methoxy groups -OCH3 is 2. The van der Waals surface area contributed by atoms with Gasteiger partial charge in [0.25, 0.3) is 11.8 Å². The van der Waals surface area contributed by atoms with E-state index in [0.717, 1.165) is 40.0 Å². The molecule has 6 amide bonds. The third-order valence-corrected chi connectivity index (χ3v) is 19.2. The van der Waals surface area contributed by atoms with Crippen LogP contribution in [0.4, 0.5) is 17.1 Å². The molecule has 28 heteroatoms. The van der Waals surface area contributed by atoms with E-state index >= 15 is 0 Å². The predicted octanol–water partition coefficient (Wildman–Crippen LogP) is 9.57. The molecule has 582 valence electrons. The van der Waals surface area contributed by atoms with Crippen molar-refractivity contribution < 1.29 is 99.9 Å². The summed E-state index contributed by atoms with van der Waals surface area (Å²) in [5, 5.41) is 5.66. The molecule has 5 atom stereocenters. The average Bonchev–Trinajstić information content (AvgIpc) is 1.64. The molecule has 10 rings (SSSR count). The number of ketones is 2. The lowest BCUT2D eigenvalue weighted by Crippen LogP contribution is -2.35. The van der Waals surface area contributed by atoms with Crippen LogP contribution in [0.2, 0.25) is 0 Å². The van der Waals surface area contributed by atoms with Crippen molar-refractivity contribution in [3.63, 3.8) is 0 Å². The van der Waals surface area contributed by atoms with E-state index in [9.17, 15) is 38.4 Å². The number of nitrogens with zero attached hydrogens (tertiary/aromatic N) is 5. The van der Waals surface area contributed by atoms with Gasteiger partial charge in [-0.15, -0.1) is 0 Å². The van der Waals surface area contributed by atoms with E-state index in [4.69, 9.17) is 71.6 Å². The van der Waals surface area contributed by atoms with Gasteiger partial charge >= 0.3 is 0 Å². The van der Waals surface area contributed by atoms with Crippen molar-refractivity contribution in [1.29, 1.82) is 0 Å². The molecule has 2 N–H and O–H groups in total. The van der Waals surface area contributed by atoms with Gasteiger partial charge in [0.2, 0.25) is 30.4 Å². The maximum Gasteiger partial charge on any atom is 0.260 e. The number of Topliss-reactive ketones (excluding diaryl/α,β-unsaturated/α-hetero) is 2. The van der Waals surface area contributed by atoms with Crippen LogP contribution in [0.3, 0.4) is 0 Å². The van der Waals surface area contributed by atoms with Crippen LogP contribution in [0.1, 0.15) is 130 Å². The first-order chi connectivity index (χ1) is 52.5. The number of benzene rings is 4. The van der Waals surface area contributed by atoms with Crippen molar-refractivity contribution in [3.8, 4) is 34.5 Å². The Labute approximate surface area is 630 Å². The number of anilines is 1. The van der Waals surface area contributed by atoms with Gasteiger partial charge in [0.05, 0.1) is 148 Å². The lowest BCUT2D eigenvalue weighted by atomic mass is 9.83. The van der Waals surface area contributed by atoms with Gasteiger partial charge < -0.3 is 82.0 Å². The number of fused-ring (bicyclic) bond motifs is 5. The van der Waals surface area contributed by atoms with Crippen LogP contribution >= 0.6 is 0 Å². The number of unbranched alkanes of at least 4 members (excludes halogenated alkanes) is 2. The smallest absolute Gasteiger partial charge is 0.260 e. The summed E-state index contributed by atoms with van der Waals surface area (Å²) in [4.78, 5) is 118. The molecule has 4 aromatic rings. The summed E-state index contributed by atoms with van der Waals surface area (Å²) in [6, 6.07) is 19.2. The lowest BCUT2D eigenvalue weighted by Gasteiger charge is -2.21. The molecule has 1 saturated heterocycles. The largest absolute Gasteiger partial charge is 0.493 e. The fourth-order valence-corrected chi connectivity index (χ4v) is 13.1. The Morgan fingerprint density at radius 2 is 1.06 bits per heavy atom. The number of rotatable bonds is 48. The predicted molar refractivity (Wildman–Crippen MR) is 400 cm³/mol. The second kappa shape index (κ2) is 41.2. The first kappa shape index (κ1) is 81.1. The highest BCUT2D eigenvalue weighted by Gasteiger charge is 2.38. The van der Waals surface area contributed by atoms with E-state index in [1.54, 1.807) is 72.5 Å². The SMILES string of the molecule is COc1cc2c(cc1OCCCOc1cc3c(cc1OC)C(=O)N1C=C(c4ccc5c(c4)OCO5)C[C@H]1C=N3)N=C[C@@H]1CC(c3ccc(NC(=O)[C@H](C)CC(=O)C(CC(=O)CCCCCOCCOCCOCCOCCOCCOCCOCCNC(=O)CCN4C(=O)CC(C)C4=O)C(C)C)cc3)=CN1C2=O. The van der Waals surface area contributed by atoms with E-state index in [0.29, 0.717) is 194 Å². The van der Waals surface area contributed by atoms with E-state index in [2.05, 4.69) is 10.6 Å². The molecule has 0 radical (unpaired) electrons. The molecular weight excluding hydrogens is 1390 g/mol. The molecule has 0 aromatic heterocycles. The Bertz CT molecular complexity index is 3910. The maximum absolute atomic E-state index is 14.2. The van der Waals surface area contributed by atoms with Crippen LogP contribution in [-0.2, 0) is 61.9 Å². The highest BCUT2D eigenvalue weighted by molar-refractivity contribution is 6.07. The van der Waals surface area contributed by atoms with Gasteiger partial charge in [0, 0.05) is 131 Å². The second-order valence-electron chi connectivity index (χ2n) is 27.4. The fraction of sp³-hybridized carbons (Fsp3) is 0.525. The average molecular weight is 1500 g/mol. The van der Waals surface area contributed by atoms with Gasteiger partial charge in [0.15, 0.2) is 34.5 Å².